The molecule has 0 bridgehead atoms. The molecule has 22 heavy (non-hydrogen) atoms. The molecule has 118 valence electrons. The zero-order valence-electron chi connectivity index (χ0n) is 11.9. The molecule has 0 fully saturated rings. The number of rotatable bonds is 4. The normalized spacial score (nSPS) is 10.2. The summed E-state index contributed by atoms with van der Waals surface area (Å²) in [6, 6.07) is 0. The molecule has 0 aromatic heterocycles. The van der Waals surface area contributed by atoms with Crippen molar-refractivity contribution in [2.24, 2.45) is 5.73 Å². The van der Waals surface area contributed by atoms with Crippen LogP contribution in [-0.2, 0) is 16.0 Å². The van der Waals surface area contributed by atoms with E-state index in [0.29, 0.717) is 21.2 Å². The van der Waals surface area contributed by atoms with Gasteiger partial charge in [-0.25, -0.2) is 4.90 Å². The summed E-state index contributed by atoms with van der Waals surface area (Å²) < 4.78 is 1.95. The highest BCUT2D eigenvalue weighted by Crippen LogP contribution is 2.38. The summed E-state index contributed by atoms with van der Waals surface area (Å²) in [5.41, 5.74) is 7.04. The van der Waals surface area contributed by atoms with Gasteiger partial charge in [-0.1, -0.05) is 6.08 Å². The predicted molar refractivity (Wildman–Crippen MR) is 111 cm³/mol. The molecule has 0 spiro atoms. The van der Waals surface area contributed by atoms with Crippen LogP contribution in [0.1, 0.15) is 29.8 Å². The molecule has 0 radical (unpaired) electrons. The fourth-order valence-electron chi connectivity index (χ4n) is 1.97. The first-order chi connectivity index (χ1) is 10.1. The fourth-order valence-corrected chi connectivity index (χ4v) is 6.59. The van der Waals surface area contributed by atoms with Crippen LogP contribution in [0.25, 0.3) is 0 Å². The van der Waals surface area contributed by atoms with Gasteiger partial charge in [0.2, 0.25) is 11.8 Å². The molecule has 5 nitrogen and oxygen atoms in total. The molecule has 1 aromatic carbocycles. The first-order valence-electron chi connectivity index (χ1n) is 6.06. The van der Waals surface area contributed by atoms with Crippen LogP contribution < -0.4 is 10.6 Å². The Hall–Kier alpha value is -0.240. The minimum Gasteiger partial charge on any atom is -0.366 e. The Balaban J connectivity index is 3.91. The van der Waals surface area contributed by atoms with Crippen molar-refractivity contribution in [3.63, 3.8) is 0 Å². The van der Waals surface area contributed by atoms with Crippen molar-refractivity contribution < 1.29 is 14.4 Å². The third-order valence-electron chi connectivity index (χ3n) is 2.83. The number of carbonyl (C=O) groups is 3. The Labute approximate surface area is 169 Å². The molecule has 0 aliphatic carbocycles. The Morgan fingerprint density at radius 3 is 1.95 bits per heavy atom. The lowest BCUT2D eigenvalue weighted by Gasteiger charge is -2.24. The quantitative estimate of drug-likeness (QED) is 0.407. The van der Waals surface area contributed by atoms with E-state index in [4.69, 9.17) is 5.73 Å². The molecule has 0 unspecified atom stereocenters. The van der Waals surface area contributed by atoms with E-state index < -0.39 is 17.7 Å². The van der Waals surface area contributed by atoms with Gasteiger partial charge in [0.1, 0.15) is 0 Å². The van der Waals surface area contributed by atoms with E-state index in [-0.39, 0.29) is 0 Å². The van der Waals surface area contributed by atoms with Crippen molar-refractivity contribution >= 4 is 91.2 Å². The van der Waals surface area contributed by atoms with E-state index >= 15 is 0 Å². The van der Waals surface area contributed by atoms with Crippen LogP contribution in [0.2, 0.25) is 0 Å². The van der Waals surface area contributed by atoms with Crippen molar-refractivity contribution in [3.8, 4) is 0 Å². The highest BCUT2D eigenvalue weighted by molar-refractivity contribution is 14.1. The van der Waals surface area contributed by atoms with Crippen LogP contribution in [0.5, 0.6) is 0 Å². The summed E-state index contributed by atoms with van der Waals surface area (Å²) in [6.07, 6.45) is 2.21. The Kier molecular flexibility index (Phi) is 7.23. The Morgan fingerprint density at radius 2 is 1.59 bits per heavy atom. The standard InChI is InChI=1S/C14H13I3N2O3/c1-4-5-8-10(15)9(14(18)22)12(17)13(11(8)16)19(6(2)20)7(3)21/h4H,1,5H2,2-3H3,(H2,18,22). The minimum absolute atomic E-state index is 0.320. The third kappa shape index (κ3) is 3.80. The van der Waals surface area contributed by atoms with Crippen molar-refractivity contribution in [2.45, 2.75) is 20.3 Å². The molecule has 2 N–H and O–H groups in total. The third-order valence-corrected chi connectivity index (χ3v) is 6.24. The Bertz CT molecular complexity index is 673. The number of allylic oxidation sites excluding steroid dienone is 1. The van der Waals surface area contributed by atoms with Gasteiger partial charge in [0.25, 0.3) is 5.91 Å². The number of benzene rings is 1. The second-order valence-corrected chi connectivity index (χ2v) is 7.61. The van der Waals surface area contributed by atoms with Gasteiger partial charge < -0.3 is 5.73 Å². The molecule has 8 heteroatoms. The second kappa shape index (κ2) is 8.04. The summed E-state index contributed by atoms with van der Waals surface area (Å²) in [5, 5.41) is 0. The molecule has 1 rings (SSSR count). The number of primary amides is 1. The smallest absolute Gasteiger partial charge is 0.250 e. The number of amides is 3. The highest BCUT2D eigenvalue weighted by atomic mass is 127. The van der Waals surface area contributed by atoms with E-state index in [1.807, 2.05) is 22.6 Å². The Morgan fingerprint density at radius 1 is 1.09 bits per heavy atom. The van der Waals surface area contributed by atoms with Gasteiger partial charge >= 0.3 is 0 Å². The van der Waals surface area contributed by atoms with E-state index in [0.717, 1.165) is 17.6 Å². The average molecular weight is 638 g/mol. The van der Waals surface area contributed by atoms with E-state index in [1.165, 1.54) is 13.8 Å². The van der Waals surface area contributed by atoms with Gasteiger partial charge in [0.05, 0.1) is 14.8 Å². The lowest BCUT2D eigenvalue weighted by atomic mass is 10.0. The largest absolute Gasteiger partial charge is 0.366 e. The van der Waals surface area contributed by atoms with Crippen molar-refractivity contribution in [2.75, 3.05) is 4.90 Å². The lowest BCUT2D eigenvalue weighted by Crippen LogP contribution is -2.35. The first kappa shape index (κ1) is 19.8. The van der Waals surface area contributed by atoms with Crippen molar-refractivity contribution in [1.82, 2.24) is 0 Å². The van der Waals surface area contributed by atoms with Gasteiger partial charge in [-0.3, -0.25) is 14.4 Å². The molecule has 0 saturated heterocycles. The number of anilines is 1. The number of halogens is 3. The highest BCUT2D eigenvalue weighted by Gasteiger charge is 2.29. The van der Waals surface area contributed by atoms with Crippen LogP contribution in [0.15, 0.2) is 12.7 Å². The van der Waals surface area contributed by atoms with Crippen molar-refractivity contribution in [3.05, 3.63) is 34.5 Å². The van der Waals surface area contributed by atoms with Gasteiger partial charge in [-0.05, 0) is 79.8 Å². The summed E-state index contributed by atoms with van der Waals surface area (Å²) in [4.78, 5) is 36.7. The summed E-state index contributed by atoms with van der Waals surface area (Å²) in [6.45, 7) is 6.32. The number of nitrogens with two attached hydrogens (primary N) is 1. The van der Waals surface area contributed by atoms with E-state index in [9.17, 15) is 14.4 Å². The topological polar surface area (TPSA) is 80.5 Å². The molecule has 0 heterocycles. The van der Waals surface area contributed by atoms with Crippen LogP contribution in [0.3, 0.4) is 0 Å². The van der Waals surface area contributed by atoms with Crippen LogP contribution in [-0.4, -0.2) is 17.7 Å². The van der Waals surface area contributed by atoms with Crippen LogP contribution in [0, 0.1) is 10.7 Å². The van der Waals surface area contributed by atoms with Gasteiger partial charge in [-0.2, -0.15) is 0 Å². The molecule has 1 aromatic rings. The number of carbonyl (C=O) groups excluding carboxylic acids is 3. The second-order valence-electron chi connectivity index (χ2n) is 4.37. The SMILES string of the molecule is C=CCc1c(I)c(C(N)=O)c(I)c(N(C(C)=O)C(C)=O)c1I. The zero-order chi connectivity index (χ0) is 17.2. The maximum Gasteiger partial charge on any atom is 0.250 e. The molecule has 0 aliphatic heterocycles. The number of imide groups is 1. The van der Waals surface area contributed by atoms with Gasteiger partial charge in [-0.15, -0.1) is 6.58 Å². The lowest BCUT2D eigenvalue weighted by molar-refractivity contribution is -0.124. The van der Waals surface area contributed by atoms with Crippen LogP contribution >= 0.6 is 67.8 Å². The van der Waals surface area contributed by atoms with Crippen molar-refractivity contribution in [1.29, 1.82) is 0 Å². The predicted octanol–water partition coefficient (Wildman–Crippen LogP) is 3.23. The monoisotopic (exact) mass is 638 g/mol. The maximum atomic E-state index is 11.9. The molecule has 0 aliphatic rings. The van der Waals surface area contributed by atoms with E-state index in [1.54, 1.807) is 6.08 Å². The molecule has 0 saturated carbocycles. The number of nitrogens with zero attached hydrogens (tertiary/aromatic N) is 1. The average Bonchev–Trinajstić information content (AvgIpc) is 2.38. The first-order valence-corrected chi connectivity index (χ1v) is 9.30. The molecular weight excluding hydrogens is 625 g/mol. The zero-order valence-corrected chi connectivity index (χ0v) is 18.3. The van der Waals surface area contributed by atoms with Gasteiger partial charge in [0.15, 0.2) is 0 Å². The van der Waals surface area contributed by atoms with Crippen LogP contribution in [0.4, 0.5) is 5.69 Å². The summed E-state index contributed by atoms with van der Waals surface area (Å²) in [7, 11) is 0. The maximum absolute atomic E-state index is 11.9. The molecular formula is C14H13I3N2O3. The molecule has 0 atom stereocenters. The summed E-state index contributed by atoms with van der Waals surface area (Å²) >= 11 is 6.09. The number of hydrogen-bond acceptors (Lipinski definition) is 3. The molecule has 3 amide bonds. The minimum atomic E-state index is -0.594. The fraction of sp³-hybridized carbons (Fsp3) is 0.214. The number of hydrogen-bond donors (Lipinski definition) is 1. The van der Waals surface area contributed by atoms with E-state index in [2.05, 4.69) is 51.8 Å². The van der Waals surface area contributed by atoms with Gasteiger partial charge in [0, 0.05) is 21.0 Å². The summed E-state index contributed by atoms with van der Waals surface area (Å²) in [5.74, 6) is -1.42.